The molecule has 0 amide bonds. The first-order chi connectivity index (χ1) is 11.6. The molecule has 5 aliphatic rings. The molecule has 2 N–H and O–H groups in total. The third-order valence-electron chi connectivity index (χ3n) is 7.29. The van der Waals surface area contributed by atoms with E-state index in [-0.39, 0.29) is 24.8 Å². The first kappa shape index (κ1) is 20.0. The average molecular weight is 402 g/mol. The quantitative estimate of drug-likeness (QED) is 0.810. The summed E-state index contributed by atoms with van der Waals surface area (Å²) in [4.78, 5) is 15.8. The fraction of sp³-hybridized carbons (Fsp3) is 0.789. The Bertz CT molecular complexity index is 640. The maximum Gasteiger partial charge on any atom is 0.321 e. The minimum Gasteiger partial charge on any atom is -0.480 e. The Hall–Kier alpha value is -0.780. The number of hydrogen-bond donors (Lipinski definition) is 2. The lowest BCUT2D eigenvalue weighted by Crippen LogP contribution is -2.46. The highest BCUT2D eigenvalue weighted by atomic mass is 35.5. The van der Waals surface area contributed by atoms with Gasteiger partial charge in [-0.3, -0.25) is 10.1 Å². The molecule has 1 aromatic rings. The van der Waals surface area contributed by atoms with Crippen molar-refractivity contribution in [2.75, 3.05) is 0 Å². The van der Waals surface area contributed by atoms with Crippen LogP contribution in [-0.2, 0) is 24.3 Å². The van der Waals surface area contributed by atoms with E-state index in [2.05, 4.69) is 14.9 Å². The second-order valence-electron chi connectivity index (χ2n) is 8.97. The molecule has 4 bridgehead atoms. The number of hydrogen-bond acceptors (Lipinski definition) is 3. The van der Waals surface area contributed by atoms with Gasteiger partial charge in [-0.05, 0) is 68.1 Å². The second kappa shape index (κ2) is 7.33. The number of rotatable bonds is 4. The molecular weight excluding hydrogens is 373 g/mol. The molecule has 1 aliphatic heterocycles. The Morgan fingerprint density at radius 2 is 1.81 bits per heavy atom. The zero-order valence-corrected chi connectivity index (χ0v) is 16.7. The Morgan fingerprint density at radius 3 is 2.38 bits per heavy atom. The fourth-order valence-corrected chi connectivity index (χ4v) is 6.64. The van der Waals surface area contributed by atoms with Crippen LogP contribution in [0.3, 0.4) is 0 Å². The number of fused-ring (bicyclic) bond motifs is 1. The van der Waals surface area contributed by atoms with Gasteiger partial charge in [0.25, 0.3) is 0 Å². The maximum absolute atomic E-state index is 11.3. The van der Waals surface area contributed by atoms with Crippen LogP contribution in [0.2, 0.25) is 0 Å². The highest BCUT2D eigenvalue weighted by Crippen LogP contribution is 2.61. The van der Waals surface area contributed by atoms with Crippen LogP contribution in [-0.4, -0.2) is 26.7 Å². The van der Waals surface area contributed by atoms with Crippen molar-refractivity contribution in [3.05, 3.63) is 17.7 Å². The van der Waals surface area contributed by atoms with E-state index in [1.165, 1.54) is 44.9 Å². The number of aliphatic carboxylic acids is 1. The van der Waals surface area contributed by atoms with E-state index in [4.69, 9.17) is 0 Å². The smallest absolute Gasteiger partial charge is 0.321 e. The normalized spacial score (nSPS) is 36.8. The zero-order chi connectivity index (χ0) is 16.3. The minimum atomic E-state index is -0.755. The van der Waals surface area contributed by atoms with E-state index >= 15 is 0 Å². The molecule has 5 nitrogen and oxygen atoms in total. The summed E-state index contributed by atoms with van der Waals surface area (Å²) in [5, 5.41) is 12.3. The Labute approximate surface area is 167 Å². The minimum absolute atomic E-state index is 0. The molecule has 7 heteroatoms. The van der Waals surface area contributed by atoms with Gasteiger partial charge in [-0.25, -0.2) is 4.98 Å². The Kier molecular flexibility index (Phi) is 5.63. The van der Waals surface area contributed by atoms with Gasteiger partial charge in [0.2, 0.25) is 0 Å². The molecule has 0 aromatic carbocycles. The van der Waals surface area contributed by atoms with Crippen molar-refractivity contribution in [3.8, 4) is 0 Å². The summed E-state index contributed by atoms with van der Waals surface area (Å²) < 4.78 is 2.25. The fourth-order valence-electron chi connectivity index (χ4n) is 6.64. The lowest BCUT2D eigenvalue weighted by molar-refractivity contribution is -0.139. The molecule has 0 radical (unpaired) electrons. The summed E-state index contributed by atoms with van der Waals surface area (Å²) in [5.74, 6) is 2.23. The number of carboxylic acids is 1. The molecule has 1 aromatic heterocycles. The second-order valence-corrected chi connectivity index (χ2v) is 8.97. The molecule has 1 unspecified atom stereocenters. The van der Waals surface area contributed by atoms with Gasteiger partial charge >= 0.3 is 5.97 Å². The number of nitrogens with one attached hydrogen (secondary N) is 1. The molecule has 4 saturated carbocycles. The largest absolute Gasteiger partial charge is 0.480 e. The summed E-state index contributed by atoms with van der Waals surface area (Å²) in [5.41, 5.74) is 2.76. The van der Waals surface area contributed by atoms with Gasteiger partial charge in [-0.15, -0.1) is 24.8 Å². The van der Waals surface area contributed by atoms with Gasteiger partial charge in [-0.1, -0.05) is 0 Å². The number of carboxylic acid groups (broad SMARTS) is 1. The van der Waals surface area contributed by atoms with Crippen LogP contribution in [0.4, 0.5) is 0 Å². The highest BCUT2D eigenvalue weighted by molar-refractivity contribution is 5.85. The molecule has 4 fully saturated rings. The van der Waals surface area contributed by atoms with Crippen molar-refractivity contribution in [2.45, 2.75) is 70.5 Å². The Morgan fingerprint density at radius 1 is 1.19 bits per heavy atom. The zero-order valence-electron chi connectivity index (χ0n) is 15.0. The summed E-state index contributed by atoms with van der Waals surface area (Å²) >= 11 is 0. The van der Waals surface area contributed by atoms with Crippen molar-refractivity contribution in [1.29, 1.82) is 0 Å². The molecule has 0 spiro atoms. The highest BCUT2D eigenvalue weighted by Gasteiger charge is 2.50. The summed E-state index contributed by atoms with van der Waals surface area (Å²) in [7, 11) is 0. The van der Waals surface area contributed by atoms with Crippen LogP contribution in [0.15, 0.2) is 6.33 Å². The van der Waals surface area contributed by atoms with Crippen LogP contribution in [0.25, 0.3) is 0 Å². The van der Waals surface area contributed by atoms with Gasteiger partial charge in [0.05, 0.1) is 12.0 Å². The average Bonchev–Trinajstić information content (AvgIpc) is 2.94. The van der Waals surface area contributed by atoms with Crippen LogP contribution in [0.1, 0.15) is 56.3 Å². The number of imidazole rings is 1. The number of nitrogens with zero attached hydrogens (tertiary/aromatic N) is 2. The van der Waals surface area contributed by atoms with Gasteiger partial charge < -0.3 is 9.67 Å². The first-order valence-electron chi connectivity index (χ1n) is 9.59. The van der Waals surface area contributed by atoms with Crippen LogP contribution < -0.4 is 5.32 Å². The molecular formula is C19H29Cl2N3O2. The lowest BCUT2D eigenvalue weighted by Gasteiger charge is -2.57. The molecule has 6 rings (SSSR count). The summed E-state index contributed by atoms with van der Waals surface area (Å²) in [6.45, 7) is 1.59. The molecule has 0 saturated heterocycles. The Balaban J connectivity index is 0.000000980. The summed E-state index contributed by atoms with van der Waals surface area (Å²) in [6, 6.07) is -0.465. The van der Waals surface area contributed by atoms with E-state index < -0.39 is 12.0 Å². The van der Waals surface area contributed by atoms with Crippen molar-refractivity contribution in [3.63, 3.8) is 0 Å². The van der Waals surface area contributed by atoms with Crippen LogP contribution >= 0.6 is 24.8 Å². The van der Waals surface area contributed by atoms with E-state index in [0.29, 0.717) is 18.4 Å². The SMILES string of the molecule is Cl.Cl.O=C(O)C1Cc2c(ncn2CCC23CC4CC(CC(C4)C2)C3)CN1. The van der Waals surface area contributed by atoms with E-state index in [0.717, 1.165) is 35.7 Å². The monoisotopic (exact) mass is 401 g/mol. The molecule has 2 heterocycles. The molecule has 146 valence electrons. The van der Waals surface area contributed by atoms with E-state index in [1.807, 2.05) is 6.33 Å². The predicted molar refractivity (Wildman–Crippen MR) is 104 cm³/mol. The number of aromatic nitrogens is 2. The third kappa shape index (κ3) is 3.38. The van der Waals surface area contributed by atoms with Gasteiger partial charge in [0.1, 0.15) is 6.04 Å². The maximum atomic E-state index is 11.3. The van der Waals surface area contributed by atoms with Crippen molar-refractivity contribution < 1.29 is 9.90 Å². The summed E-state index contributed by atoms with van der Waals surface area (Å²) in [6.07, 6.45) is 12.6. The predicted octanol–water partition coefficient (Wildman–Crippen LogP) is 3.43. The third-order valence-corrected chi connectivity index (χ3v) is 7.29. The van der Waals surface area contributed by atoms with Crippen molar-refractivity contribution >= 4 is 30.8 Å². The van der Waals surface area contributed by atoms with E-state index in [9.17, 15) is 9.90 Å². The molecule has 26 heavy (non-hydrogen) atoms. The van der Waals surface area contributed by atoms with Gasteiger partial charge in [0.15, 0.2) is 0 Å². The lowest BCUT2D eigenvalue weighted by atomic mass is 9.49. The van der Waals surface area contributed by atoms with Gasteiger partial charge in [0, 0.05) is 25.2 Å². The van der Waals surface area contributed by atoms with Gasteiger partial charge in [-0.2, -0.15) is 0 Å². The number of aryl methyl sites for hydroxylation is 1. The topological polar surface area (TPSA) is 67.1 Å². The standard InChI is InChI=1S/C19H27N3O2.2ClH/c23-18(24)15-6-17-16(10-20-15)21-11-22(17)2-1-19-7-12-3-13(8-19)5-14(4-12)9-19;;/h11-15,20H,1-10H2,(H,23,24);2*1H. The first-order valence-corrected chi connectivity index (χ1v) is 9.59. The van der Waals surface area contributed by atoms with Crippen molar-refractivity contribution in [2.24, 2.45) is 23.2 Å². The van der Waals surface area contributed by atoms with Crippen LogP contribution in [0.5, 0.6) is 0 Å². The van der Waals surface area contributed by atoms with E-state index in [1.54, 1.807) is 0 Å². The van der Waals surface area contributed by atoms with Crippen LogP contribution in [0, 0.1) is 23.2 Å². The number of halogens is 2. The molecule has 4 aliphatic carbocycles. The van der Waals surface area contributed by atoms with Crippen molar-refractivity contribution in [1.82, 2.24) is 14.9 Å². The number of carbonyl (C=O) groups is 1. The molecule has 1 atom stereocenters.